The molecule has 3 heteroatoms. The molecule has 0 atom stereocenters. The number of anilines is 1. The molecule has 0 aliphatic heterocycles. The van der Waals surface area contributed by atoms with Gasteiger partial charge in [-0.3, -0.25) is 0 Å². The number of fused-ring (bicyclic) bond motifs is 1. The highest BCUT2D eigenvalue weighted by Crippen LogP contribution is 2.22. The third kappa shape index (κ3) is 0.955. The van der Waals surface area contributed by atoms with Gasteiger partial charge < -0.3 is 10.7 Å². The standard InChI is InChI=1S/C8H7ClN2/c9-7-4-5-2-1-3-6(10)8(5)11-7/h1-4,11H,10H2. The van der Waals surface area contributed by atoms with Crippen molar-refractivity contribution in [3.05, 3.63) is 29.4 Å². The molecule has 0 amide bonds. The van der Waals surface area contributed by atoms with E-state index in [1.165, 1.54) is 0 Å². The summed E-state index contributed by atoms with van der Waals surface area (Å²) >= 11 is 5.74. The summed E-state index contributed by atoms with van der Waals surface area (Å²) in [5.41, 5.74) is 7.32. The van der Waals surface area contributed by atoms with Crippen molar-refractivity contribution in [2.24, 2.45) is 0 Å². The van der Waals surface area contributed by atoms with Gasteiger partial charge in [-0.1, -0.05) is 23.7 Å². The molecular weight excluding hydrogens is 160 g/mol. The molecule has 2 aromatic rings. The number of nitrogens with one attached hydrogen (secondary N) is 1. The summed E-state index contributed by atoms with van der Waals surface area (Å²) in [5.74, 6) is 0. The first-order valence-electron chi connectivity index (χ1n) is 3.30. The first-order valence-corrected chi connectivity index (χ1v) is 3.68. The molecule has 56 valence electrons. The smallest absolute Gasteiger partial charge is 0.107 e. The second-order valence-corrected chi connectivity index (χ2v) is 2.84. The molecule has 0 fully saturated rings. The van der Waals surface area contributed by atoms with Crippen LogP contribution >= 0.6 is 11.6 Å². The van der Waals surface area contributed by atoms with Gasteiger partial charge in [-0.05, 0) is 12.1 Å². The maximum Gasteiger partial charge on any atom is 0.107 e. The number of halogens is 1. The minimum atomic E-state index is 0.623. The summed E-state index contributed by atoms with van der Waals surface area (Å²) in [6, 6.07) is 7.57. The second-order valence-electron chi connectivity index (χ2n) is 2.43. The number of para-hydroxylation sites is 1. The minimum Gasteiger partial charge on any atom is -0.397 e. The lowest BCUT2D eigenvalue weighted by Gasteiger charge is -1.92. The average Bonchev–Trinajstić information content (AvgIpc) is 2.31. The molecule has 11 heavy (non-hydrogen) atoms. The van der Waals surface area contributed by atoms with E-state index in [9.17, 15) is 0 Å². The SMILES string of the molecule is Nc1cccc2cc(Cl)[nH]c12. The van der Waals surface area contributed by atoms with Gasteiger partial charge in [0.25, 0.3) is 0 Å². The molecule has 0 aliphatic rings. The Kier molecular flexibility index (Phi) is 1.29. The van der Waals surface area contributed by atoms with Crippen molar-refractivity contribution in [1.29, 1.82) is 0 Å². The van der Waals surface area contributed by atoms with Gasteiger partial charge in [-0.15, -0.1) is 0 Å². The van der Waals surface area contributed by atoms with Crippen molar-refractivity contribution in [2.75, 3.05) is 5.73 Å². The predicted octanol–water partition coefficient (Wildman–Crippen LogP) is 2.40. The molecule has 0 radical (unpaired) electrons. The van der Waals surface area contributed by atoms with Gasteiger partial charge in [-0.25, -0.2) is 0 Å². The Morgan fingerprint density at radius 3 is 2.91 bits per heavy atom. The molecular formula is C8H7ClN2. The largest absolute Gasteiger partial charge is 0.397 e. The lowest BCUT2D eigenvalue weighted by atomic mass is 10.2. The Balaban J connectivity index is 2.90. The third-order valence-corrected chi connectivity index (χ3v) is 1.86. The first kappa shape index (κ1) is 6.55. The van der Waals surface area contributed by atoms with Crippen LogP contribution in [0.15, 0.2) is 24.3 Å². The zero-order chi connectivity index (χ0) is 7.84. The fourth-order valence-electron chi connectivity index (χ4n) is 1.15. The van der Waals surface area contributed by atoms with E-state index in [2.05, 4.69) is 4.98 Å². The third-order valence-electron chi connectivity index (χ3n) is 1.66. The van der Waals surface area contributed by atoms with Crippen LogP contribution in [0.5, 0.6) is 0 Å². The van der Waals surface area contributed by atoms with Crippen LogP contribution in [0.3, 0.4) is 0 Å². The topological polar surface area (TPSA) is 41.8 Å². The van der Waals surface area contributed by atoms with E-state index < -0.39 is 0 Å². The minimum absolute atomic E-state index is 0.623. The van der Waals surface area contributed by atoms with Crippen molar-refractivity contribution in [2.45, 2.75) is 0 Å². The number of H-pyrrole nitrogens is 1. The summed E-state index contributed by atoms with van der Waals surface area (Å²) in [5, 5.41) is 1.67. The molecule has 2 rings (SSSR count). The molecule has 0 saturated carbocycles. The second kappa shape index (κ2) is 2.17. The summed E-state index contributed by atoms with van der Waals surface area (Å²) in [6.07, 6.45) is 0. The molecule has 1 aromatic carbocycles. The van der Waals surface area contributed by atoms with Crippen LogP contribution in [0.4, 0.5) is 5.69 Å². The number of nitrogen functional groups attached to an aromatic ring is 1. The lowest BCUT2D eigenvalue weighted by Crippen LogP contribution is -1.84. The predicted molar refractivity (Wildman–Crippen MR) is 47.7 cm³/mol. The van der Waals surface area contributed by atoms with Gasteiger partial charge in [-0.2, -0.15) is 0 Å². The zero-order valence-electron chi connectivity index (χ0n) is 5.76. The molecule has 0 aliphatic carbocycles. The number of hydrogen-bond acceptors (Lipinski definition) is 1. The number of aromatic amines is 1. The van der Waals surface area contributed by atoms with Gasteiger partial charge in [0.2, 0.25) is 0 Å². The van der Waals surface area contributed by atoms with E-state index in [4.69, 9.17) is 17.3 Å². The van der Waals surface area contributed by atoms with E-state index in [0.717, 1.165) is 16.6 Å². The number of hydrogen-bond donors (Lipinski definition) is 2. The average molecular weight is 167 g/mol. The van der Waals surface area contributed by atoms with Crippen LogP contribution < -0.4 is 5.73 Å². The van der Waals surface area contributed by atoms with Crippen molar-refractivity contribution in [3.63, 3.8) is 0 Å². The molecule has 2 nitrogen and oxygen atoms in total. The van der Waals surface area contributed by atoms with E-state index in [1.807, 2.05) is 24.3 Å². The summed E-state index contributed by atoms with van der Waals surface area (Å²) < 4.78 is 0. The van der Waals surface area contributed by atoms with Crippen LogP contribution in [0.2, 0.25) is 5.15 Å². The maximum absolute atomic E-state index is 5.74. The lowest BCUT2D eigenvalue weighted by molar-refractivity contribution is 1.47. The molecule has 3 N–H and O–H groups in total. The number of rotatable bonds is 0. The van der Waals surface area contributed by atoms with Crippen LogP contribution in [0.1, 0.15) is 0 Å². The van der Waals surface area contributed by atoms with Crippen LogP contribution in [-0.4, -0.2) is 4.98 Å². The Labute approximate surface area is 69.0 Å². The number of nitrogens with two attached hydrogens (primary N) is 1. The van der Waals surface area contributed by atoms with Gasteiger partial charge in [0.1, 0.15) is 5.15 Å². The highest BCUT2D eigenvalue weighted by atomic mass is 35.5. The monoisotopic (exact) mass is 166 g/mol. The van der Waals surface area contributed by atoms with E-state index in [-0.39, 0.29) is 0 Å². The van der Waals surface area contributed by atoms with Gasteiger partial charge >= 0.3 is 0 Å². The van der Waals surface area contributed by atoms with Crippen molar-refractivity contribution in [1.82, 2.24) is 4.98 Å². The fourth-order valence-corrected chi connectivity index (χ4v) is 1.36. The van der Waals surface area contributed by atoms with E-state index in [1.54, 1.807) is 0 Å². The Hall–Kier alpha value is -1.15. The number of aromatic nitrogens is 1. The van der Waals surface area contributed by atoms with Crippen molar-refractivity contribution in [3.8, 4) is 0 Å². The molecule has 0 spiro atoms. The first-order chi connectivity index (χ1) is 5.27. The van der Waals surface area contributed by atoms with Crippen LogP contribution in [-0.2, 0) is 0 Å². The van der Waals surface area contributed by atoms with Crippen LogP contribution in [0, 0.1) is 0 Å². The summed E-state index contributed by atoms with van der Waals surface area (Å²) in [7, 11) is 0. The normalized spacial score (nSPS) is 10.6. The summed E-state index contributed by atoms with van der Waals surface area (Å²) in [6.45, 7) is 0. The quantitative estimate of drug-likeness (QED) is 0.580. The highest BCUT2D eigenvalue weighted by molar-refractivity contribution is 6.30. The van der Waals surface area contributed by atoms with Gasteiger partial charge in [0, 0.05) is 5.39 Å². The van der Waals surface area contributed by atoms with E-state index >= 15 is 0 Å². The van der Waals surface area contributed by atoms with Crippen molar-refractivity contribution < 1.29 is 0 Å². The van der Waals surface area contributed by atoms with Crippen molar-refractivity contribution >= 4 is 28.2 Å². The molecule has 0 saturated heterocycles. The highest BCUT2D eigenvalue weighted by Gasteiger charge is 1.99. The number of benzene rings is 1. The van der Waals surface area contributed by atoms with E-state index in [0.29, 0.717) is 5.15 Å². The van der Waals surface area contributed by atoms with Gasteiger partial charge in [0.05, 0.1) is 11.2 Å². The molecule has 1 aromatic heterocycles. The molecule has 0 bridgehead atoms. The zero-order valence-corrected chi connectivity index (χ0v) is 6.52. The Morgan fingerprint density at radius 1 is 1.36 bits per heavy atom. The van der Waals surface area contributed by atoms with Crippen LogP contribution in [0.25, 0.3) is 10.9 Å². The maximum atomic E-state index is 5.74. The fraction of sp³-hybridized carbons (Fsp3) is 0. The Morgan fingerprint density at radius 2 is 2.18 bits per heavy atom. The van der Waals surface area contributed by atoms with Gasteiger partial charge in [0.15, 0.2) is 0 Å². The molecule has 1 heterocycles. The Bertz CT molecular complexity index is 392. The summed E-state index contributed by atoms with van der Waals surface area (Å²) in [4.78, 5) is 2.97. The molecule has 0 unspecified atom stereocenters.